The number of benzene rings is 3. The predicted octanol–water partition coefficient (Wildman–Crippen LogP) is 5.80. The van der Waals surface area contributed by atoms with Gasteiger partial charge in [-0.15, -0.1) is 5.10 Å². The summed E-state index contributed by atoms with van der Waals surface area (Å²) in [5.41, 5.74) is 2.61. The van der Waals surface area contributed by atoms with Crippen LogP contribution in [0.15, 0.2) is 72.9 Å². The first-order chi connectivity index (χ1) is 16.0. The van der Waals surface area contributed by atoms with Gasteiger partial charge in [0.25, 0.3) is 0 Å². The Balaban J connectivity index is 1.59. The molecule has 0 fully saturated rings. The van der Waals surface area contributed by atoms with Crippen molar-refractivity contribution in [2.45, 2.75) is 6.92 Å². The van der Waals surface area contributed by atoms with E-state index < -0.39 is 11.6 Å². The van der Waals surface area contributed by atoms with Crippen LogP contribution in [0.1, 0.15) is 5.69 Å². The highest BCUT2D eigenvalue weighted by molar-refractivity contribution is 5.74. The Kier molecular flexibility index (Phi) is 5.18. The van der Waals surface area contributed by atoms with E-state index in [1.807, 2.05) is 24.3 Å². The lowest BCUT2D eigenvalue weighted by atomic mass is 10.0. The normalized spacial score (nSPS) is 11.0. The monoisotopic (exact) mass is 443 g/mol. The summed E-state index contributed by atoms with van der Waals surface area (Å²) in [6, 6.07) is 18.2. The lowest BCUT2D eigenvalue weighted by Gasteiger charge is -2.10. The summed E-state index contributed by atoms with van der Waals surface area (Å²) < 4.78 is 36.6. The third-order valence-corrected chi connectivity index (χ3v) is 5.33. The molecule has 0 spiro atoms. The number of halogens is 2. The number of anilines is 2. The molecule has 0 aliphatic carbocycles. The molecule has 0 saturated heterocycles. The number of fused-ring (bicyclic) bond motifs is 1. The van der Waals surface area contributed by atoms with Crippen LogP contribution in [-0.2, 0) is 0 Å². The topological polar surface area (TPSA) is 64.3 Å². The number of aromatic nitrogens is 4. The smallest absolute Gasteiger partial charge is 0.245 e. The number of nitrogens with one attached hydrogen (secondary N) is 1. The molecule has 33 heavy (non-hydrogen) atoms. The number of aryl methyl sites for hydroxylation is 1. The van der Waals surface area contributed by atoms with Crippen molar-refractivity contribution in [1.29, 1.82) is 0 Å². The minimum absolute atomic E-state index is 0.158. The van der Waals surface area contributed by atoms with Gasteiger partial charge in [-0.3, -0.25) is 0 Å². The molecule has 0 amide bonds. The van der Waals surface area contributed by atoms with Crippen molar-refractivity contribution in [3.05, 3.63) is 90.3 Å². The molecule has 3 aromatic carbocycles. The predicted molar refractivity (Wildman–Crippen MR) is 123 cm³/mol. The van der Waals surface area contributed by atoms with E-state index in [4.69, 9.17) is 4.74 Å². The number of hydrogen-bond donors (Lipinski definition) is 1. The van der Waals surface area contributed by atoms with Crippen LogP contribution in [0.2, 0.25) is 0 Å². The summed E-state index contributed by atoms with van der Waals surface area (Å²) in [4.78, 5) is 8.89. The van der Waals surface area contributed by atoms with Crippen molar-refractivity contribution in [2.75, 3.05) is 12.4 Å². The molecule has 0 bridgehead atoms. The summed E-state index contributed by atoms with van der Waals surface area (Å²) >= 11 is 0. The highest BCUT2D eigenvalue weighted by atomic mass is 19.1. The van der Waals surface area contributed by atoms with Crippen LogP contribution in [0.4, 0.5) is 20.4 Å². The zero-order valence-electron chi connectivity index (χ0n) is 17.9. The zero-order valence-corrected chi connectivity index (χ0v) is 17.9. The Hall–Kier alpha value is -4.33. The maximum atomic E-state index is 15.6. The zero-order chi connectivity index (χ0) is 22.9. The van der Waals surface area contributed by atoms with Gasteiger partial charge in [-0.2, -0.15) is 0 Å². The van der Waals surface area contributed by atoms with Crippen molar-refractivity contribution in [3.8, 4) is 28.3 Å². The average Bonchev–Trinajstić information content (AvgIpc) is 3.16. The van der Waals surface area contributed by atoms with Crippen molar-refractivity contribution in [3.63, 3.8) is 0 Å². The van der Waals surface area contributed by atoms with Gasteiger partial charge in [-0.25, -0.2) is 23.3 Å². The maximum absolute atomic E-state index is 15.6. The second-order valence-electron chi connectivity index (χ2n) is 7.40. The van der Waals surface area contributed by atoms with E-state index in [1.54, 1.807) is 56.6 Å². The van der Waals surface area contributed by atoms with Gasteiger partial charge in [0.15, 0.2) is 5.82 Å². The number of ether oxygens (including phenoxy) is 1. The van der Waals surface area contributed by atoms with Gasteiger partial charge in [0, 0.05) is 16.8 Å². The molecule has 0 atom stereocenters. The molecule has 5 aromatic rings. The van der Waals surface area contributed by atoms with Crippen molar-refractivity contribution in [1.82, 2.24) is 19.6 Å². The second-order valence-corrected chi connectivity index (χ2v) is 7.40. The van der Waals surface area contributed by atoms with Crippen LogP contribution < -0.4 is 10.1 Å². The molecule has 0 radical (unpaired) electrons. The molecule has 164 valence electrons. The quantitative estimate of drug-likeness (QED) is 0.372. The third-order valence-electron chi connectivity index (χ3n) is 5.33. The van der Waals surface area contributed by atoms with Gasteiger partial charge in [-0.1, -0.05) is 30.3 Å². The Morgan fingerprint density at radius 3 is 2.36 bits per heavy atom. The van der Waals surface area contributed by atoms with Crippen LogP contribution in [0.3, 0.4) is 0 Å². The SMILES string of the molecule is COc1ccc(Nc2ncc3c(C)nc(-c4cccc(-c5ccccc5F)c4F)n3n2)cc1. The summed E-state index contributed by atoms with van der Waals surface area (Å²) in [7, 11) is 1.60. The van der Waals surface area contributed by atoms with E-state index in [0.717, 1.165) is 11.4 Å². The highest BCUT2D eigenvalue weighted by Gasteiger charge is 2.19. The standard InChI is InChI=1S/C25H19F2N5O/c1-15-22-14-28-25(30-16-10-12-17(33-2)13-11-16)31-32(22)24(29-15)20-8-5-7-19(23(20)27)18-6-3-4-9-21(18)26/h3-14H,1-2H3,(H,30,31). The lowest BCUT2D eigenvalue weighted by Crippen LogP contribution is -2.04. The fraction of sp³-hybridized carbons (Fsp3) is 0.0800. The van der Waals surface area contributed by atoms with Gasteiger partial charge in [0.2, 0.25) is 5.95 Å². The first-order valence-corrected chi connectivity index (χ1v) is 10.2. The van der Waals surface area contributed by atoms with Gasteiger partial charge < -0.3 is 10.1 Å². The van der Waals surface area contributed by atoms with E-state index in [-0.39, 0.29) is 16.7 Å². The molecule has 5 rings (SSSR count). The summed E-state index contributed by atoms with van der Waals surface area (Å²) in [5, 5.41) is 7.66. The van der Waals surface area contributed by atoms with Gasteiger partial charge in [-0.05, 0) is 43.3 Å². The van der Waals surface area contributed by atoms with Gasteiger partial charge in [0.05, 0.1) is 24.6 Å². The summed E-state index contributed by atoms with van der Waals surface area (Å²) in [6.07, 6.45) is 1.63. The van der Waals surface area contributed by atoms with E-state index in [9.17, 15) is 4.39 Å². The molecular formula is C25H19F2N5O. The van der Waals surface area contributed by atoms with E-state index >= 15 is 4.39 Å². The minimum atomic E-state index is -0.572. The number of imidazole rings is 1. The number of hydrogen-bond acceptors (Lipinski definition) is 5. The van der Waals surface area contributed by atoms with E-state index in [2.05, 4.69) is 20.4 Å². The average molecular weight is 443 g/mol. The molecule has 2 aromatic heterocycles. The van der Waals surface area contributed by atoms with Crippen LogP contribution in [-0.4, -0.2) is 26.7 Å². The van der Waals surface area contributed by atoms with Gasteiger partial charge in [0.1, 0.15) is 22.9 Å². The minimum Gasteiger partial charge on any atom is -0.497 e. The number of nitrogens with zero attached hydrogens (tertiary/aromatic N) is 4. The molecule has 2 heterocycles. The molecule has 0 unspecified atom stereocenters. The number of rotatable bonds is 5. The largest absolute Gasteiger partial charge is 0.497 e. The van der Waals surface area contributed by atoms with Crippen LogP contribution in [0.25, 0.3) is 28.0 Å². The molecular weight excluding hydrogens is 424 g/mol. The first-order valence-electron chi connectivity index (χ1n) is 10.2. The maximum Gasteiger partial charge on any atom is 0.245 e. The molecule has 8 heteroatoms. The van der Waals surface area contributed by atoms with E-state index in [0.29, 0.717) is 23.0 Å². The fourth-order valence-electron chi connectivity index (χ4n) is 3.65. The summed E-state index contributed by atoms with van der Waals surface area (Å²) in [5.74, 6) is 0.286. The van der Waals surface area contributed by atoms with Crippen LogP contribution in [0.5, 0.6) is 5.75 Å². The third kappa shape index (κ3) is 3.76. The Bertz CT molecular complexity index is 1460. The molecule has 1 N–H and O–H groups in total. The van der Waals surface area contributed by atoms with Crippen LogP contribution >= 0.6 is 0 Å². The summed E-state index contributed by atoms with van der Waals surface area (Å²) in [6.45, 7) is 1.80. The van der Waals surface area contributed by atoms with Gasteiger partial charge >= 0.3 is 0 Å². The van der Waals surface area contributed by atoms with Crippen molar-refractivity contribution in [2.24, 2.45) is 0 Å². The molecule has 0 aliphatic heterocycles. The Labute approximate surface area is 188 Å². The Morgan fingerprint density at radius 1 is 0.879 bits per heavy atom. The van der Waals surface area contributed by atoms with Crippen molar-refractivity contribution < 1.29 is 13.5 Å². The van der Waals surface area contributed by atoms with Crippen LogP contribution in [0, 0.1) is 18.6 Å². The van der Waals surface area contributed by atoms with Crippen molar-refractivity contribution >= 4 is 17.2 Å². The number of methoxy groups -OCH3 is 1. The Morgan fingerprint density at radius 2 is 1.61 bits per heavy atom. The highest BCUT2D eigenvalue weighted by Crippen LogP contribution is 2.32. The second kappa shape index (κ2) is 8.31. The first kappa shape index (κ1) is 20.6. The van der Waals surface area contributed by atoms with E-state index in [1.165, 1.54) is 10.6 Å². The lowest BCUT2D eigenvalue weighted by molar-refractivity contribution is 0.415. The molecule has 0 aliphatic rings. The molecule has 0 saturated carbocycles. The fourth-order valence-corrected chi connectivity index (χ4v) is 3.65. The molecule has 6 nitrogen and oxygen atoms in total.